The van der Waals surface area contributed by atoms with Crippen molar-refractivity contribution >= 4 is 57.5 Å². The Labute approximate surface area is 478 Å². The molecule has 16 nitrogen and oxygen atoms in total. The Morgan fingerprint density at radius 1 is 0.725 bits per heavy atom. The molecule has 3 fully saturated rings. The van der Waals surface area contributed by atoms with Crippen LogP contribution in [0.5, 0.6) is 0 Å². The van der Waals surface area contributed by atoms with Gasteiger partial charge < -0.3 is 44.0 Å². The number of halogens is 1. The highest BCUT2D eigenvalue weighted by atomic mass is 79.9. The first-order valence-electron chi connectivity index (χ1n) is 28.5. The summed E-state index contributed by atoms with van der Waals surface area (Å²) in [6.45, 7) is 10.5. The number of alkyl halides is 1. The molecule has 1 aliphatic heterocycles. The second kappa shape index (κ2) is 27.3. The maximum absolute atomic E-state index is 15.8. The third-order valence-corrected chi connectivity index (χ3v) is 17.9. The summed E-state index contributed by atoms with van der Waals surface area (Å²) in [5.74, 6) is -8.90. The molecular formula is C63H80BrNO15. The Morgan fingerprint density at radius 2 is 1.27 bits per heavy atom. The van der Waals surface area contributed by atoms with E-state index in [-0.39, 0.29) is 35.3 Å². The molecule has 0 spiro atoms. The SMILES string of the molecule is CCCCCCCCCCCCCCC(Br)C(=O)O[C@@H](C(=O)O[C@@H]1C(C)=C2[C@@H](OC(C)=O)C(=O)[C@@]3(C)C([C@H](OC(=O)c4ccccc4)C([C@H]1O)C2(C)C)[C@]1(OC(C)=O)CO[C@@H]1C[C@@H]3O)[C@@H](NC(=O)c1ccccc1)c1ccccc1. The highest BCUT2D eigenvalue weighted by Gasteiger charge is 2.76. The molecule has 0 aromatic heterocycles. The van der Waals surface area contributed by atoms with Crippen LogP contribution in [0.25, 0.3) is 0 Å². The predicted molar refractivity (Wildman–Crippen MR) is 300 cm³/mol. The molecule has 1 heterocycles. The number of esters is 5. The molecule has 2 bridgehead atoms. The second-order valence-corrected chi connectivity index (χ2v) is 24.0. The van der Waals surface area contributed by atoms with Gasteiger partial charge in [-0.1, -0.05) is 180 Å². The molecular weight excluding hydrogens is 1090 g/mol. The van der Waals surface area contributed by atoms with Gasteiger partial charge in [-0.3, -0.25) is 24.0 Å². The molecule has 7 rings (SSSR count). The van der Waals surface area contributed by atoms with Crippen LogP contribution >= 0.6 is 15.9 Å². The average Bonchev–Trinajstić information content (AvgIpc) is 2.03. The van der Waals surface area contributed by atoms with Crippen molar-refractivity contribution in [2.45, 2.75) is 198 Å². The molecule has 17 heteroatoms. The van der Waals surface area contributed by atoms with Crippen molar-refractivity contribution in [2.24, 2.45) is 22.7 Å². The van der Waals surface area contributed by atoms with E-state index in [1.807, 2.05) is 0 Å². The minimum atomic E-state index is -2.03. The van der Waals surface area contributed by atoms with Crippen LogP contribution in [0.4, 0.5) is 0 Å². The summed E-state index contributed by atoms with van der Waals surface area (Å²) in [5.41, 5.74) is -4.41. The Bertz CT molecular complexity index is 2680. The van der Waals surface area contributed by atoms with Gasteiger partial charge in [0.1, 0.15) is 35.3 Å². The van der Waals surface area contributed by atoms with E-state index in [4.69, 9.17) is 28.4 Å². The molecule has 4 aliphatic rings. The number of aliphatic hydroxyl groups is 2. The van der Waals surface area contributed by atoms with E-state index in [2.05, 4.69) is 28.2 Å². The third kappa shape index (κ3) is 13.4. The minimum absolute atomic E-state index is 0.0757. The van der Waals surface area contributed by atoms with E-state index in [0.29, 0.717) is 18.4 Å². The normalized spacial score (nSPS) is 27.7. The fourth-order valence-corrected chi connectivity index (χ4v) is 13.4. The Morgan fingerprint density at radius 3 is 1.81 bits per heavy atom. The lowest BCUT2D eigenvalue weighted by Gasteiger charge is -2.66. The van der Waals surface area contributed by atoms with Crippen LogP contribution in [0, 0.1) is 22.7 Å². The van der Waals surface area contributed by atoms with E-state index in [0.717, 1.165) is 32.6 Å². The summed E-state index contributed by atoms with van der Waals surface area (Å²) in [6, 6.07) is 23.3. The lowest BCUT2D eigenvalue weighted by Crippen LogP contribution is -2.80. The van der Waals surface area contributed by atoms with Gasteiger partial charge in [-0.05, 0) is 66.7 Å². The fourth-order valence-electron chi connectivity index (χ4n) is 13.0. The van der Waals surface area contributed by atoms with Crippen LogP contribution < -0.4 is 5.32 Å². The van der Waals surface area contributed by atoms with Gasteiger partial charge in [0.05, 0.1) is 29.6 Å². The number of ketones is 1. The molecule has 3 aromatic rings. The third-order valence-electron chi connectivity index (χ3n) is 17.1. The number of hydrogen-bond acceptors (Lipinski definition) is 15. The van der Waals surface area contributed by atoms with Gasteiger partial charge in [0.2, 0.25) is 6.10 Å². The highest BCUT2D eigenvalue weighted by molar-refractivity contribution is 9.10. The number of carbonyl (C=O) groups is 7. The molecule has 2 saturated carbocycles. The zero-order valence-electron chi connectivity index (χ0n) is 47.2. The van der Waals surface area contributed by atoms with Crippen LogP contribution in [-0.4, -0.2) is 112 Å². The maximum Gasteiger partial charge on any atom is 0.350 e. The first-order chi connectivity index (χ1) is 38.2. The van der Waals surface area contributed by atoms with Gasteiger partial charge >= 0.3 is 29.8 Å². The molecule has 0 radical (unpaired) electrons. The number of carbonyl (C=O) groups excluding carboxylic acids is 7. The standard InChI is InChI=1S/C63H80BrNO15/c1-8-9-10-11-12-13-14-15-16-17-18-28-35-44(64)59(73)79-54(49(41-29-22-19-23-30-41)65-57(71)42-31-24-20-25-32-42)60(74)77-51-38(2)47-53(76-39(3)66)56(70)62(7)45(68)36-46-63(37-75-46,80-40(4)67)55(62)52(48(50(51)69)61(47,5)6)78-58(72)43-33-26-21-27-34-43/h19-27,29-34,44-46,48-55,68-69H,8-18,28,35-37H2,1-7H3,(H,65,71)/t44?,45-,46+,48?,49-,50+,51+,52+,53+,54+,55?,62+,63-/m0/s1. The van der Waals surface area contributed by atoms with Crippen molar-refractivity contribution < 1.29 is 72.2 Å². The number of amides is 1. The monoisotopic (exact) mass is 1170 g/mol. The first-order valence-corrected chi connectivity index (χ1v) is 29.4. The summed E-state index contributed by atoms with van der Waals surface area (Å²) in [6.07, 6.45) is 2.15. The van der Waals surface area contributed by atoms with E-state index in [9.17, 15) is 34.2 Å². The van der Waals surface area contributed by atoms with Crippen molar-refractivity contribution in [3.05, 3.63) is 119 Å². The van der Waals surface area contributed by atoms with Gasteiger partial charge in [0, 0.05) is 31.7 Å². The van der Waals surface area contributed by atoms with Gasteiger partial charge in [0.15, 0.2) is 17.5 Å². The van der Waals surface area contributed by atoms with Gasteiger partial charge in [-0.15, -0.1) is 0 Å². The van der Waals surface area contributed by atoms with Crippen LogP contribution in [-0.2, 0) is 52.4 Å². The second-order valence-electron chi connectivity index (χ2n) is 22.9. The maximum atomic E-state index is 15.8. The van der Waals surface area contributed by atoms with Crippen molar-refractivity contribution in [1.82, 2.24) is 5.32 Å². The van der Waals surface area contributed by atoms with Crippen LogP contribution in [0.2, 0.25) is 0 Å². The predicted octanol–water partition coefficient (Wildman–Crippen LogP) is 10.00. The number of aliphatic hydroxyl groups excluding tert-OH is 2. The topological polar surface area (TPSA) is 227 Å². The largest absolute Gasteiger partial charge is 0.458 e. The summed E-state index contributed by atoms with van der Waals surface area (Å²) in [7, 11) is 0. The number of ether oxygens (including phenoxy) is 6. The molecule has 1 amide bonds. The number of nitrogens with one attached hydrogen (secondary N) is 1. The van der Waals surface area contributed by atoms with E-state index in [1.165, 1.54) is 77.8 Å². The molecule has 3 unspecified atom stereocenters. The van der Waals surface area contributed by atoms with Crippen molar-refractivity contribution in [2.75, 3.05) is 6.61 Å². The smallest absolute Gasteiger partial charge is 0.350 e. The lowest BCUT2D eigenvalue weighted by atomic mass is 9.45. The van der Waals surface area contributed by atoms with Crippen molar-refractivity contribution in [3.63, 3.8) is 0 Å². The fraction of sp³-hybridized carbons (Fsp3) is 0.571. The number of benzene rings is 3. The number of hydrogen-bond donors (Lipinski definition) is 3. The quantitative estimate of drug-likeness (QED) is 0.0236. The molecule has 13 atom stereocenters. The Kier molecular flexibility index (Phi) is 21.1. The Hall–Kier alpha value is -5.75. The number of Topliss-reactive ketones (excluding diaryl/α,β-unsaturated/α-hetero) is 1. The summed E-state index contributed by atoms with van der Waals surface area (Å²) in [4.78, 5) is 100. The van der Waals surface area contributed by atoms with Crippen molar-refractivity contribution in [3.8, 4) is 0 Å². The first kappa shape index (κ1) is 61.9. The van der Waals surface area contributed by atoms with E-state index < -0.39 is 123 Å². The summed E-state index contributed by atoms with van der Waals surface area (Å²) >= 11 is 3.53. The molecule has 3 aromatic carbocycles. The molecule has 3 N–H and O–H groups in total. The average molecular weight is 1170 g/mol. The number of unbranched alkanes of at least 4 members (excludes halogenated alkanes) is 11. The van der Waals surface area contributed by atoms with E-state index >= 15 is 9.59 Å². The molecule has 80 heavy (non-hydrogen) atoms. The summed E-state index contributed by atoms with van der Waals surface area (Å²) < 4.78 is 37.4. The lowest BCUT2D eigenvalue weighted by molar-refractivity contribution is -0.337. The van der Waals surface area contributed by atoms with E-state index in [1.54, 1.807) is 92.7 Å². The van der Waals surface area contributed by atoms with Crippen LogP contribution in [0.3, 0.4) is 0 Å². The molecule has 1 saturated heterocycles. The Balaban J connectivity index is 1.29. The molecule has 3 aliphatic carbocycles. The molecule has 434 valence electrons. The number of fused-ring (bicyclic) bond motifs is 5. The zero-order valence-corrected chi connectivity index (χ0v) is 48.8. The minimum Gasteiger partial charge on any atom is -0.458 e. The number of rotatable bonds is 25. The highest BCUT2D eigenvalue weighted by Crippen LogP contribution is 2.63. The van der Waals surface area contributed by atoms with Gasteiger partial charge in [0.25, 0.3) is 5.91 Å². The van der Waals surface area contributed by atoms with Crippen molar-refractivity contribution in [1.29, 1.82) is 0 Å². The van der Waals surface area contributed by atoms with Gasteiger partial charge in [-0.2, -0.15) is 0 Å². The van der Waals surface area contributed by atoms with Gasteiger partial charge in [-0.25, -0.2) is 9.59 Å². The summed E-state index contributed by atoms with van der Waals surface area (Å²) in [5, 5.41) is 28.5. The van der Waals surface area contributed by atoms with Crippen LogP contribution in [0.15, 0.2) is 102 Å². The van der Waals surface area contributed by atoms with Crippen LogP contribution in [0.1, 0.15) is 171 Å². The zero-order chi connectivity index (χ0) is 57.9.